The van der Waals surface area contributed by atoms with Crippen molar-refractivity contribution >= 4 is 5.91 Å². The number of benzene rings is 1. The van der Waals surface area contributed by atoms with Gasteiger partial charge in [-0.2, -0.15) is 5.10 Å². The fraction of sp³-hybridized carbons (Fsp3) is 0.150. The second-order valence-corrected chi connectivity index (χ2v) is 6.58. The van der Waals surface area contributed by atoms with E-state index in [9.17, 15) is 14.0 Å². The van der Waals surface area contributed by atoms with Crippen LogP contribution in [0.25, 0.3) is 5.82 Å². The van der Waals surface area contributed by atoms with Crippen molar-refractivity contribution in [1.82, 2.24) is 29.8 Å². The number of carbonyl (C=O) groups is 1. The normalized spacial score (nSPS) is 10.9. The molecule has 0 atom stereocenters. The lowest BCUT2D eigenvalue weighted by Crippen LogP contribution is -2.26. The zero-order valence-electron chi connectivity index (χ0n) is 15.9. The second-order valence-electron chi connectivity index (χ2n) is 6.58. The van der Waals surface area contributed by atoms with E-state index in [1.54, 1.807) is 31.2 Å². The third kappa shape index (κ3) is 4.17. The van der Waals surface area contributed by atoms with Gasteiger partial charge in [0.05, 0.1) is 13.1 Å². The summed E-state index contributed by atoms with van der Waals surface area (Å²) < 4.78 is 20.5. The monoisotopic (exact) mass is 408 g/mol. The third-order valence-corrected chi connectivity index (χ3v) is 4.34. The summed E-state index contributed by atoms with van der Waals surface area (Å²) in [4.78, 5) is 29.3. The van der Waals surface area contributed by atoms with Gasteiger partial charge in [0, 0.05) is 17.8 Å². The molecule has 0 fully saturated rings. The van der Waals surface area contributed by atoms with Gasteiger partial charge in [0.25, 0.3) is 5.91 Å². The Hall–Kier alpha value is -4.08. The Bertz CT molecular complexity index is 1240. The molecule has 0 radical (unpaired) electrons. The molecule has 0 aliphatic carbocycles. The summed E-state index contributed by atoms with van der Waals surface area (Å²) in [6.45, 7) is 2.16. The number of hydrogen-bond acceptors (Lipinski definition) is 6. The van der Waals surface area contributed by atoms with E-state index in [2.05, 4.69) is 20.6 Å². The number of aromatic nitrogens is 5. The number of nitrogens with zero attached hydrogens (tertiary/aromatic N) is 5. The Morgan fingerprint density at radius 2 is 2.00 bits per heavy atom. The molecule has 0 spiro atoms. The van der Waals surface area contributed by atoms with Crippen LogP contribution in [0.1, 0.15) is 27.4 Å². The van der Waals surface area contributed by atoms with E-state index in [4.69, 9.17) is 4.52 Å². The largest absolute Gasteiger partial charge is 0.361 e. The van der Waals surface area contributed by atoms with Gasteiger partial charge in [0.1, 0.15) is 29.4 Å². The molecule has 0 unspecified atom stereocenters. The van der Waals surface area contributed by atoms with E-state index >= 15 is 0 Å². The second kappa shape index (κ2) is 8.11. The van der Waals surface area contributed by atoms with E-state index in [1.165, 1.54) is 40.0 Å². The van der Waals surface area contributed by atoms with Gasteiger partial charge in [-0.25, -0.2) is 23.4 Å². The maximum absolute atomic E-state index is 13.0. The number of carbonyl (C=O) groups excluding carboxylic acids is 1. The average molecular weight is 408 g/mol. The van der Waals surface area contributed by atoms with E-state index in [-0.39, 0.29) is 30.6 Å². The van der Waals surface area contributed by atoms with Gasteiger partial charge in [-0.05, 0) is 36.8 Å². The predicted octanol–water partition coefficient (Wildman–Crippen LogP) is 1.84. The van der Waals surface area contributed by atoms with Crippen LogP contribution >= 0.6 is 0 Å². The highest BCUT2D eigenvalue weighted by Crippen LogP contribution is 2.08. The highest BCUT2D eigenvalue weighted by Gasteiger charge is 2.12. The molecule has 152 valence electrons. The van der Waals surface area contributed by atoms with Crippen molar-refractivity contribution < 1.29 is 13.7 Å². The molecule has 30 heavy (non-hydrogen) atoms. The quantitative estimate of drug-likeness (QED) is 0.522. The molecule has 4 aromatic rings. The fourth-order valence-electron chi connectivity index (χ4n) is 2.83. The Labute approximate surface area is 169 Å². The number of pyridine rings is 1. The minimum Gasteiger partial charge on any atom is -0.361 e. The summed E-state index contributed by atoms with van der Waals surface area (Å²) in [5, 5.41) is 10.6. The van der Waals surface area contributed by atoms with Gasteiger partial charge < -0.3 is 9.84 Å². The SMILES string of the molecule is Cc1cc(CNC(=O)c2ccnc(-n3cnn(Cc4ccc(F)cc4)c3=O)c2)no1. The van der Waals surface area contributed by atoms with Gasteiger partial charge in [-0.3, -0.25) is 4.79 Å². The van der Waals surface area contributed by atoms with Crippen LogP contribution in [0.5, 0.6) is 0 Å². The number of hydrogen-bond donors (Lipinski definition) is 1. The van der Waals surface area contributed by atoms with Crippen molar-refractivity contribution in [2.24, 2.45) is 0 Å². The van der Waals surface area contributed by atoms with Crippen molar-refractivity contribution in [2.75, 3.05) is 0 Å². The average Bonchev–Trinajstić information content (AvgIpc) is 3.33. The zero-order chi connectivity index (χ0) is 21.1. The molecular weight excluding hydrogens is 391 g/mol. The van der Waals surface area contributed by atoms with Crippen LogP contribution in [-0.2, 0) is 13.1 Å². The minimum absolute atomic E-state index is 0.184. The summed E-state index contributed by atoms with van der Waals surface area (Å²) in [7, 11) is 0. The summed E-state index contributed by atoms with van der Waals surface area (Å²) in [6, 6.07) is 10.6. The number of rotatable bonds is 6. The van der Waals surface area contributed by atoms with E-state index in [0.29, 0.717) is 17.0 Å². The van der Waals surface area contributed by atoms with Gasteiger partial charge in [0.15, 0.2) is 0 Å². The first-order valence-electron chi connectivity index (χ1n) is 9.05. The minimum atomic E-state index is -0.428. The number of halogens is 1. The Morgan fingerprint density at radius 1 is 1.20 bits per heavy atom. The lowest BCUT2D eigenvalue weighted by Gasteiger charge is -2.05. The molecule has 1 amide bonds. The van der Waals surface area contributed by atoms with Gasteiger partial charge in [-0.1, -0.05) is 17.3 Å². The van der Waals surface area contributed by atoms with Crippen LogP contribution < -0.4 is 11.0 Å². The summed E-state index contributed by atoms with van der Waals surface area (Å²) in [5.74, 6) is 0.221. The first-order valence-corrected chi connectivity index (χ1v) is 9.05. The van der Waals surface area contributed by atoms with Crippen molar-refractivity contribution in [3.63, 3.8) is 0 Å². The molecule has 0 aliphatic heterocycles. The summed E-state index contributed by atoms with van der Waals surface area (Å²) in [6.07, 6.45) is 2.77. The van der Waals surface area contributed by atoms with Gasteiger partial charge >= 0.3 is 5.69 Å². The molecule has 3 heterocycles. The molecule has 10 heteroatoms. The predicted molar refractivity (Wildman–Crippen MR) is 104 cm³/mol. The smallest absolute Gasteiger partial charge is 0.351 e. The molecule has 0 bridgehead atoms. The lowest BCUT2D eigenvalue weighted by molar-refractivity contribution is 0.0950. The highest BCUT2D eigenvalue weighted by atomic mass is 19.1. The van der Waals surface area contributed by atoms with Gasteiger partial charge in [0.2, 0.25) is 0 Å². The summed E-state index contributed by atoms with van der Waals surface area (Å²) in [5.41, 5.74) is 1.24. The van der Waals surface area contributed by atoms with E-state index < -0.39 is 5.69 Å². The Kier molecular flexibility index (Phi) is 5.21. The number of amides is 1. The topological polar surface area (TPSA) is 108 Å². The van der Waals surface area contributed by atoms with E-state index in [1.807, 2.05) is 0 Å². The van der Waals surface area contributed by atoms with Crippen LogP contribution in [0.3, 0.4) is 0 Å². The third-order valence-electron chi connectivity index (χ3n) is 4.34. The summed E-state index contributed by atoms with van der Waals surface area (Å²) >= 11 is 0. The molecule has 0 saturated heterocycles. The van der Waals surface area contributed by atoms with E-state index in [0.717, 1.165) is 5.56 Å². The van der Waals surface area contributed by atoms with Crippen molar-refractivity contribution in [1.29, 1.82) is 0 Å². The van der Waals surface area contributed by atoms with Crippen LogP contribution in [0.4, 0.5) is 4.39 Å². The van der Waals surface area contributed by atoms with Crippen molar-refractivity contribution in [2.45, 2.75) is 20.0 Å². The number of nitrogens with one attached hydrogen (secondary N) is 1. The maximum atomic E-state index is 13.0. The molecule has 0 aliphatic rings. The molecule has 4 rings (SSSR count). The first kappa shape index (κ1) is 19.2. The number of aryl methyl sites for hydroxylation is 1. The molecule has 0 saturated carbocycles. The van der Waals surface area contributed by atoms with Crippen molar-refractivity contribution in [3.8, 4) is 5.82 Å². The molecule has 1 aromatic carbocycles. The molecular formula is C20H17FN6O3. The zero-order valence-corrected chi connectivity index (χ0v) is 15.9. The van der Waals surface area contributed by atoms with Crippen molar-refractivity contribution in [3.05, 3.63) is 93.9 Å². The standard InChI is InChI=1S/C20H17FN6O3/c1-13-8-17(25-30-13)10-23-19(28)15-6-7-22-18(9-15)26-12-24-27(20(26)29)11-14-2-4-16(21)5-3-14/h2-9,12H,10-11H2,1H3,(H,23,28). The molecule has 1 N–H and O–H groups in total. The van der Waals surface area contributed by atoms with Crippen LogP contribution in [0.15, 0.2) is 64.3 Å². The van der Waals surface area contributed by atoms with Crippen LogP contribution in [0, 0.1) is 12.7 Å². The van der Waals surface area contributed by atoms with Crippen LogP contribution in [-0.4, -0.2) is 30.4 Å². The lowest BCUT2D eigenvalue weighted by atomic mass is 10.2. The molecule has 3 aromatic heterocycles. The maximum Gasteiger partial charge on any atom is 0.351 e. The first-order chi connectivity index (χ1) is 14.5. The fourth-order valence-corrected chi connectivity index (χ4v) is 2.83. The highest BCUT2D eigenvalue weighted by molar-refractivity contribution is 5.94. The van der Waals surface area contributed by atoms with Crippen LogP contribution in [0.2, 0.25) is 0 Å². The molecule has 9 nitrogen and oxygen atoms in total. The van der Waals surface area contributed by atoms with Gasteiger partial charge in [-0.15, -0.1) is 0 Å². The Morgan fingerprint density at radius 3 is 2.73 bits per heavy atom. The Balaban J connectivity index is 1.50.